The van der Waals surface area contributed by atoms with Crippen LogP contribution in [0.2, 0.25) is 0 Å². The lowest BCUT2D eigenvalue weighted by Gasteiger charge is -2.22. The molecule has 0 aliphatic heterocycles. The Morgan fingerprint density at radius 1 is 0.443 bits per heavy atom. The predicted molar refractivity (Wildman–Crippen MR) is 264 cm³/mol. The molecular formula is C55H107NO5. The Morgan fingerprint density at radius 3 is 1.21 bits per heavy atom. The minimum atomic E-state index is -0.682. The number of carbonyl (C=O) groups excluding carboxylic acids is 2. The summed E-state index contributed by atoms with van der Waals surface area (Å²) in [6.07, 6.45) is 59.1. The van der Waals surface area contributed by atoms with E-state index in [2.05, 4.69) is 31.3 Å². The van der Waals surface area contributed by atoms with Crippen LogP contribution >= 0.6 is 0 Å². The molecule has 1 amide bonds. The summed E-state index contributed by atoms with van der Waals surface area (Å²) in [5.41, 5.74) is 0. The molecule has 0 fully saturated rings. The lowest BCUT2D eigenvalue weighted by atomic mass is 10.0. The lowest BCUT2D eigenvalue weighted by molar-refractivity contribution is -0.143. The topological polar surface area (TPSA) is 95.9 Å². The molecule has 6 nitrogen and oxygen atoms in total. The molecule has 362 valence electrons. The van der Waals surface area contributed by atoms with Gasteiger partial charge in [-0.1, -0.05) is 257 Å². The van der Waals surface area contributed by atoms with Gasteiger partial charge in [-0.3, -0.25) is 9.59 Å². The number of amides is 1. The molecule has 0 heterocycles. The number of unbranched alkanes of at least 4 members (excludes halogenated alkanes) is 38. The highest BCUT2D eigenvalue weighted by Gasteiger charge is 2.20. The van der Waals surface area contributed by atoms with Crippen LogP contribution < -0.4 is 5.32 Å². The van der Waals surface area contributed by atoms with E-state index in [1.807, 2.05) is 0 Å². The van der Waals surface area contributed by atoms with Crippen LogP contribution in [0.25, 0.3) is 0 Å². The minimum Gasteiger partial charge on any atom is -0.466 e. The van der Waals surface area contributed by atoms with Gasteiger partial charge in [0.2, 0.25) is 5.91 Å². The summed E-state index contributed by atoms with van der Waals surface area (Å²) in [7, 11) is 0. The third-order valence-corrected chi connectivity index (χ3v) is 12.8. The van der Waals surface area contributed by atoms with Gasteiger partial charge in [-0.05, 0) is 44.9 Å². The van der Waals surface area contributed by atoms with Gasteiger partial charge in [-0.15, -0.1) is 0 Å². The number of ether oxygens (including phenoxy) is 1. The number of nitrogens with one attached hydrogen (secondary N) is 1. The number of carbonyl (C=O) groups is 2. The fraction of sp³-hybridized carbons (Fsp3) is 0.927. The van der Waals surface area contributed by atoms with Crippen molar-refractivity contribution in [3.63, 3.8) is 0 Å². The maximum Gasteiger partial charge on any atom is 0.305 e. The monoisotopic (exact) mass is 862 g/mol. The summed E-state index contributed by atoms with van der Waals surface area (Å²) in [6.45, 7) is 4.87. The van der Waals surface area contributed by atoms with Gasteiger partial charge in [-0.2, -0.15) is 0 Å². The van der Waals surface area contributed by atoms with E-state index in [-0.39, 0.29) is 18.5 Å². The Bertz CT molecular complexity index is 909. The molecular weight excluding hydrogens is 755 g/mol. The SMILES string of the molecule is CCCC/C=C\CCCCCCCC(=O)OCCCCCCCCCCCC(=O)NC(CO)C(O)CCCCCCCCCCCCCCCCCCCCCCCCCC. The van der Waals surface area contributed by atoms with Crippen molar-refractivity contribution in [1.82, 2.24) is 5.32 Å². The summed E-state index contributed by atoms with van der Waals surface area (Å²) < 4.78 is 5.43. The van der Waals surface area contributed by atoms with Crippen molar-refractivity contribution in [2.75, 3.05) is 13.2 Å². The third-order valence-electron chi connectivity index (χ3n) is 12.8. The number of aliphatic hydroxyl groups excluding tert-OH is 2. The van der Waals surface area contributed by atoms with Gasteiger partial charge in [0.05, 0.1) is 25.4 Å². The first-order chi connectivity index (χ1) is 30.0. The van der Waals surface area contributed by atoms with Gasteiger partial charge in [-0.25, -0.2) is 0 Å². The van der Waals surface area contributed by atoms with Crippen molar-refractivity contribution < 1.29 is 24.5 Å². The normalized spacial score (nSPS) is 12.7. The molecule has 0 saturated carbocycles. The van der Waals surface area contributed by atoms with Gasteiger partial charge >= 0.3 is 5.97 Å². The Balaban J connectivity index is 3.47. The maximum absolute atomic E-state index is 12.5. The molecule has 0 radical (unpaired) electrons. The highest BCUT2D eigenvalue weighted by molar-refractivity contribution is 5.76. The molecule has 0 aliphatic rings. The molecule has 0 bridgehead atoms. The van der Waals surface area contributed by atoms with E-state index in [0.717, 1.165) is 57.8 Å². The van der Waals surface area contributed by atoms with E-state index in [9.17, 15) is 19.8 Å². The van der Waals surface area contributed by atoms with Crippen LogP contribution in [-0.4, -0.2) is 47.4 Å². The maximum atomic E-state index is 12.5. The van der Waals surface area contributed by atoms with Crippen LogP contribution in [0.3, 0.4) is 0 Å². The fourth-order valence-corrected chi connectivity index (χ4v) is 8.56. The van der Waals surface area contributed by atoms with Gasteiger partial charge in [0.25, 0.3) is 0 Å². The predicted octanol–water partition coefficient (Wildman–Crippen LogP) is 16.5. The average Bonchev–Trinajstić information content (AvgIpc) is 3.26. The van der Waals surface area contributed by atoms with E-state index in [0.29, 0.717) is 25.9 Å². The van der Waals surface area contributed by atoms with Gasteiger partial charge in [0.15, 0.2) is 0 Å². The molecule has 2 atom stereocenters. The third kappa shape index (κ3) is 47.9. The second kappa shape index (κ2) is 51.2. The number of hydrogen-bond acceptors (Lipinski definition) is 5. The van der Waals surface area contributed by atoms with Crippen molar-refractivity contribution >= 4 is 11.9 Å². The molecule has 61 heavy (non-hydrogen) atoms. The van der Waals surface area contributed by atoms with Gasteiger partial charge < -0.3 is 20.3 Å². The molecule has 0 aromatic heterocycles. The zero-order valence-electron chi connectivity index (χ0n) is 41.2. The van der Waals surface area contributed by atoms with E-state index in [1.165, 1.54) is 212 Å². The Labute approximate surface area is 380 Å². The summed E-state index contributed by atoms with van der Waals surface area (Å²) in [5, 5.41) is 23.3. The zero-order chi connectivity index (χ0) is 44.4. The number of allylic oxidation sites excluding steroid dienone is 2. The van der Waals surface area contributed by atoms with Crippen LogP contribution in [0.1, 0.15) is 303 Å². The first-order valence-electron chi connectivity index (χ1n) is 27.4. The first kappa shape index (κ1) is 59.6. The Morgan fingerprint density at radius 2 is 0.787 bits per heavy atom. The summed E-state index contributed by atoms with van der Waals surface area (Å²) in [4.78, 5) is 24.5. The van der Waals surface area contributed by atoms with Crippen LogP contribution in [0.5, 0.6) is 0 Å². The zero-order valence-corrected chi connectivity index (χ0v) is 41.2. The van der Waals surface area contributed by atoms with Crippen LogP contribution in [0.4, 0.5) is 0 Å². The summed E-state index contributed by atoms with van der Waals surface area (Å²) in [5.74, 6) is -0.0951. The minimum absolute atomic E-state index is 0.0349. The summed E-state index contributed by atoms with van der Waals surface area (Å²) in [6, 6.07) is -0.562. The Kier molecular flexibility index (Phi) is 50.1. The van der Waals surface area contributed by atoms with Gasteiger partial charge in [0.1, 0.15) is 0 Å². The Hall–Kier alpha value is -1.40. The lowest BCUT2D eigenvalue weighted by Crippen LogP contribution is -2.45. The second-order valence-electron chi connectivity index (χ2n) is 18.9. The van der Waals surface area contributed by atoms with E-state index >= 15 is 0 Å². The smallest absolute Gasteiger partial charge is 0.305 e. The quantitative estimate of drug-likeness (QED) is 0.0322. The molecule has 0 rings (SSSR count). The largest absolute Gasteiger partial charge is 0.466 e. The van der Waals surface area contributed by atoms with E-state index < -0.39 is 12.1 Å². The van der Waals surface area contributed by atoms with Crippen molar-refractivity contribution in [2.24, 2.45) is 0 Å². The molecule has 6 heteroatoms. The summed E-state index contributed by atoms with van der Waals surface area (Å²) >= 11 is 0. The molecule has 0 aliphatic carbocycles. The number of esters is 1. The molecule has 0 aromatic carbocycles. The molecule has 2 unspecified atom stereocenters. The van der Waals surface area contributed by atoms with Crippen molar-refractivity contribution in [3.05, 3.63) is 12.2 Å². The highest BCUT2D eigenvalue weighted by Crippen LogP contribution is 2.17. The fourth-order valence-electron chi connectivity index (χ4n) is 8.56. The molecule has 3 N–H and O–H groups in total. The van der Waals surface area contributed by atoms with Gasteiger partial charge in [0, 0.05) is 12.8 Å². The molecule has 0 spiro atoms. The van der Waals surface area contributed by atoms with E-state index in [4.69, 9.17) is 4.74 Å². The van der Waals surface area contributed by atoms with Crippen LogP contribution in [0, 0.1) is 0 Å². The van der Waals surface area contributed by atoms with E-state index in [1.54, 1.807) is 0 Å². The molecule has 0 aromatic rings. The standard InChI is InChI=1S/C55H107NO5/c1-3-5-7-9-11-13-15-16-17-18-19-20-21-22-23-24-25-26-27-29-31-35-39-43-47-53(58)52(51-57)56-54(59)48-44-40-36-32-30-34-38-42-46-50-61-55(60)49-45-41-37-33-28-14-12-10-8-6-4-2/h10,12,52-53,57-58H,3-9,11,13-51H2,1-2H3,(H,56,59)/b12-10-. The van der Waals surface area contributed by atoms with Crippen molar-refractivity contribution in [2.45, 2.75) is 315 Å². The van der Waals surface area contributed by atoms with Crippen LogP contribution in [0.15, 0.2) is 12.2 Å². The average molecular weight is 862 g/mol. The first-order valence-corrected chi connectivity index (χ1v) is 27.4. The molecule has 0 saturated heterocycles. The van der Waals surface area contributed by atoms with Crippen LogP contribution in [-0.2, 0) is 14.3 Å². The highest BCUT2D eigenvalue weighted by atomic mass is 16.5. The van der Waals surface area contributed by atoms with Crippen molar-refractivity contribution in [3.8, 4) is 0 Å². The number of rotatable bonds is 51. The van der Waals surface area contributed by atoms with Crippen molar-refractivity contribution in [1.29, 1.82) is 0 Å². The second-order valence-corrected chi connectivity index (χ2v) is 18.9. The number of hydrogen-bond donors (Lipinski definition) is 3. The number of aliphatic hydroxyl groups is 2.